The number of para-hydroxylation sites is 1. The molecule has 0 spiro atoms. The Bertz CT molecular complexity index is 899. The summed E-state index contributed by atoms with van der Waals surface area (Å²) in [4.78, 5) is 14.7. The maximum Gasteiger partial charge on any atom is 0.253 e. The first kappa shape index (κ1) is 15.9. The minimum Gasteiger partial charge on any atom is -0.350 e. The van der Waals surface area contributed by atoms with Gasteiger partial charge in [-0.3, -0.25) is 4.79 Å². The van der Waals surface area contributed by atoms with Crippen LogP contribution in [0.25, 0.3) is 10.9 Å². The van der Waals surface area contributed by atoms with Crippen LogP contribution in [0.15, 0.2) is 54.7 Å². The van der Waals surface area contributed by atoms with Crippen molar-refractivity contribution in [3.63, 3.8) is 0 Å². The maximum absolute atomic E-state index is 12.7. The Morgan fingerprint density at radius 2 is 1.68 bits per heavy atom. The highest BCUT2D eigenvalue weighted by Crippen LogP contribution is 2.34. The third-order valence-electron chi connectivity index (χ3n) is 5.45. The molecule has 0 atom stereocenters. The van der Waals surface area contributed by atoms with Crippen molar-refractivity contribution in [2.24, 2.45) is 7.05 Å². The third kappa shape index (κ3) is 2.95. The molecule has 3 nitrogen and oxygen atoms in total. The lowest BCUT2D eigenvalue weighted by Gasteiger charge is -2.32. The molecule has 2 heterocycles. The zero-order chi connectivity index (χ0) is 17.4. The fourth-order valence-corrected chi connectivity index (χ4v) is 3.97. The molecule has 1 amide bonds. The van der Waals surface area contributed by atoms with Crippen molar-refractivity contribution >= 4 is 16.8 Å². The first-order chi connectivity index (χ1) is 12.1. The Kier molecular flexibility index (Phi) is 4.08. The Morgan fingerprint density at radius 3 is 2.40 bits per heavy atom. The van der Waals surface area contributed by atoms with Crippen molar-refractivity contribution in [2.75, 3.05) is 13.1 Å². The molecule has 4 rings (SSSR count). The molecular formula is C22H24N2O. The highest BCUT2D eigenvalue weighted by Gasteiger charge is 2.26. The highest BCUT2D eigenvalue weighted by molar-refractivity contribution is 5.94. The summed E-state index contributed by atoms with van der Waals surface area (Å²) in [5.41, 5.74) is 4.71. The summed E-state index contributed by atoms with van der Waals surface area (Å²) in [5.74, 6) is 0.699. The predicted octanol–water partition coefficient (Wildman–Crippen LogP) is 4.51. The average molecular weight is 332 g/mol. The number of carbonyl (C=O) groups is 1. The van der Waals surface area contributed by atoms with E-state index in [1.807, 2.05) is 36.1 Å². The van der Waals surface area contributed by atoms with Crippen LogP contribution in [0.2, 0.25) is 0 Å². The van der Waals surface area contributed by atoms with Gasteiger partial charge in [0.15, 0.2) is 0 Å². The van der Waals surface area contributed by atoms with Gasteiger partial charge in [0.25, 0.3) is 5.91 Å². The minimum absolute atomic E-state index is 0.163. The second-order valence-electron chi connectivity index (χ2n) is 7.14. The van der Waals surface area contributed by atoms with Crippen LogP contribution in [0, 0.1) is 6.92 Å². The number of fused-ring (bicyclic) bond motifs is 1. The number of benzene rings is 2. The number of piperidine rings is 1. The number of hydrogen-bond acceptors (Lipinski definition) is 1. The molecule has 0 bridgehead atoms. The summed E-state index contributed by atoms with van der Waals surface area (Å²) in [6.07, 6.45) is 4.34. The third-order valence-corrected chi connectivity index (χ3v) is 5.45. The molecule has 0 saturated carbocycles. The van der Waals surface area contributed by atoms with Gasteiger partial charge >= 0.3 is 0 Å². The molecule has 0 radical (unpaired) electrons. The van der Waals surface area contributed by atoms with Gasteiger partial charge in [-0.25, -0.2) is 0 Å². The van der Waals surface area contributed by atoms with Crippen molar-refractivity contribution in [3.05, 3.63) is 71.4 Å². The van der Waals surface area contributed by atoms with Crippen LogP contribution in [0.1, 0.15) is 40.2 Å². The molecule has 1 aromatic heterocycles. The van der Waals surface area contributed by atoms with Gasteiger partial charge in [-0.05, 0) is 49.4 Å². The SMILES string of the molecule is Cc1ccc(C(=O)N2CCC(c3cn(C)c4ccccc34)CC2)cc1. The van der Waals surface area contributed by atoms with E-state index in [4.69, 9.17) is 0 Å². The van der Waals surface area contributed by atoms with Crippen LogP contribution in [-0.4, -0.2) is 28.5 Å². The molecule has 25 heavy (non-hydrogen) atoms. The fraction of sp³-hybridized carbons (Fsp3) is 0.318. The number of aryl methyl sites for hydroxylation is 2. The van der Waals surface area contributed by atoms with Crippen molar-refractivity contribution in [2.45, 2.75) is 25.7 Å². The van der Waals surface area contributed by atoms with Crippen molar-refractivity contribution in [1.29, 1.82) is 0 Å². The molecule has 0 N–H and O–H groups in total. The summed E-state index contributed by atoms with van der Waals surface area (Å²) < 4.78 is 2.22. The lowest BCUT2D eigenvalue weighted by atomic mass is 9.89. The number of rotatable bonds is 2. The molecule has 0 aliphatic carbocycles. The van der Waals surface area contributed by atoms with Crippen LogP contribution < -0.4 is 0 Å². The number of hydrogen-bond donors (Lipinski definition) is 0. The van der Waals surface area contributed by atoms with E-state index in [2.05, 4.69) is 42.1 Å². The van der Waals surface area contributed by atoms with Gasteiger partial charge < -0.3 is 9.47 Å². The smallest absolute Gasteiger partial charge is 0.253 e. The molecule has 3 aromatic rings. The Labute approximate surface area is 148 Å². The number of aromatic nitrogens is 1. The normalized spacial score (nSPS) is 15.7. The second-order valence-corrected chi connectivity index (χ2v) is 7.14. The Morgan fingerprint density at radius 1 is 1.00 bits per heavy atom. The van der Waals surface area contributed by atoms with Crippen LogP contribution in [0.3, 0.4) is 0 Å². The van der Waals surface area contributed by atoms with E-state index in [9.17, 15) is 4.79 Å². The van der Waals surface area contributed by atoms with Crippen molar-refractivity contribution in [1.82, 2.24) is 9.47 Å². The fourth-order valence-electron chi connectivity index (χ4n) is 3.97. The minimum atomic E-state index is 0.163. The lowest BCUT2D eigenvalue weighted by Crippen LogP contribution is -2.37. The Hall–Kier alpha value is -2.55. The first-order valence-corrected chi connectivity index (χ1v) is 9.03. The van der Waals surface area contributed by atoms with Gasteiger partial charge in [-0.2, -0.15) is 0 Å². The zero-order valence-electron chi connectivity index (χ0n) is 14.9. The van der Waals surface area contributed by atoms with Gasteiger partial charge in [0.05, 0.1) is 0 Å². The van der Waals surface area contributed by atoms with Gasteiger partial charge in [0.2, 0.25) is 0 Å². The molecular weight excluding hydrogens is 308 g/mol. The zero-order valence-corrected chi connectivity index (χ0v) is 14.9. The summed E-state index contributed by atoms with van der Waals surface area (Å²) in [7, 11) is 2.11. The topological polar surface area (TPSA) is 25.2 Å². The van der Waals surface area contributed by atoms with Crippen LogP contribution in [0.4, 0.5) is 0 Å². The largest absolute Gasteiger partial charge is 0.350 e. The van der Waals surface area contributed by atoms with E-state index in [1.54, 1.807) is 0 Å². The van der Waals surface area contributed by atoms with E-state index in [-0.39, 0.29) is 5.91 Å². The van der Waals surface area contributed by atoms with E-state index in [0.717, 1.165) is 31.5 Å². The summed E-state index contributed by atoms with van der Waals surface area (Å²) in [6.45, 7) is 3.71. The van der Waals surface area contributed by atoms with E-state index in [1.165, 1.54) is 22.0 Å². The summed E-state index contributed by atoms with van der Waals surface area (Å²) in [5, 5.41) is 1.35. The second kappa shape index (κ2) is 6.40. The summed E-state index contributed by atoms with van der Waals surface area (Å²) >= 11 is 0. The van der Waals surface area contributed by atoms with E-state index >= 15 is 0 Å². The molecule has 128 valence electrons. The van der Waals surface area contributed by atoms with Gasteiger partial charge in [0.1, 0.15) is 0 Å². The standard InChI is InChI=1S/C22H24N2O/c1-16-7-9-18(10-8-16)22(25)24-13-11-17(12-14-24)20-15-23(2)21-6-4-3-5-19(20)21/h3-10,15,17H,11-14H2,1-2H3. The molecule has 3 heteroatoms. The van der Waals surface area contributed by atoms with Crippen LogP contribution >= 0.6 is 0 Å². The van der Waals surface area contributed by atoms with E-state index in [0.29, 0.717) is 5.92 Å². The number of amides is 1. The number of likely N-dealkylation sites (tertiary alicyclic amines) is 1. The maximum atomic E-state index is 12.7. The Balaban J connectivity index is 1.49. The lowest BCUT2D eigenvalue weighted by molar-refractivity contribution is 0.0713. The van der Waals surface area contributed by atoms with E-state index < -0.39 is 0 Å². The number of nitrogens with zero attached hydrogens (tertiary/aromatic N) is 2. The predicted molar refractivity (Wildman–Crippen MR) is 102 cm³/mol. The van der Waals surface area contributed by atoms with Gasteiger partial charge in [-0.15, -0.1) is 0 Å². The first-order valence-electron chi connectivity index (χ1n) is 9.03. The van der Waals surface area contributed by atoms with Gasteiger partial charge in [-0.1, -0.05) is 35.9 Å². The van der Waals surface area contributed by atoms with Crippen LogP contribution in [-0.2, 0) is 7.05 Å². The van der Waals surface area contributed by atoms with Crippen molar-refractivity contribution in [3.8, 4) is 0 Å². The molecule has 1 aliphatic heterocycles. The quantitative estimate of drug-likeness (QED) is 0.678. The molecule has 1 fully saturated rings. The average Bonchev–Trinajstić information content (AvgIpc) is 2.99. The summed E-state index contributed by atoms with van der Waals surface area (Å²) in [6, 6.07) is 16.5. The van der Waals surface area contributed by atoms with Crippen LogP contribution in [0.5, 0.6) is 0 Å². The van der Waals surface area contributed by atoms with Crippen molar-refractivity contribution < 1.29 is 4.79 Å². The van der Waals surface area contributed by atoms with Gasteiger partial charge in [0, 0.05) is 42.8 Å². The monoisotopic (exact) mass is 332 g/mol. The number of carbonyl (C=O) groups excluding carboxylic acids is 1. The highest BCUT2D eigenvalue weighted by atomic mass is 16.2. The molecule has 1 saturated heterocycles. The molecule has 0 unspecified atom stereocenters. The molecule has 2 aromatic carbocycles. The molecule has 1 aliphatic rings.